The van der Waals surface area contributed by atoms with Gasteiger partial charge in [-0.05, 0) is 25.1 Å². The number of ether oxygens (including phenoxy) is 1. The van der Waals surface area contributed by atoms with Crippen LogP contribution in [-0.4, -0.2) is 10.1 Å². The van der Waals surface area contributed by atoms with E-state index in [0.29, 0.717) is 5.82 Å². The van der Waals surface area contributed by atoms with Gasteiger partial charge in [-0.15, -0.1) is 0 Å². The van der Waals surface area contributed by atoms with E-state index in [1.165, 1.54) is 6.07 Å². The van der Waals surface area contributed by atoms with E-state index in [4.69, 9.17) is 14.5 Å². The van der Waals surface area contributed by atoms with Crippen LogP contribution in [0.15, 0.2) is 22.7 Å². The van der Waals surface area contributed by atoms with Gasteiger partial charge in [-0.1, -0.05) is 5.16 Å². The van der Waals surface area contributed by atoms with Gasteiger partial charge < -0.3 is 9.26 Å². The summed E-state index contributed by atoms with van der Waals surface area (Å²) in [5.41, 5.74) is -1.12. The van der Waals surface area contributed by atoms with E-state index < -0.39 is 17.5 Å². The predicted octanol–water partition coefficient (Wildman–Crippen LogP) is 2.85. The molecule has 0 aliphatic heterocycles. The van der Waals surface area contributed by atoms with Crippen LogP contribution in [0, 0.1) is 18.3 Å². The van der Waals surface area contributed by atoms with E-state index in [2.05, 4.69) is 10.1 Å². The maximum absolute atomic E-state index is 12.9. The number of rotatable bonds is 3. The highest BCUT2D eigenvalue weighted by molar-refractivity contribution is 5.43. The normalized spacial score (nSPS) is 11.2. The number of nitrogens with zero attached hydrogens (tertiary/aromatic N) is 3. The summed E-state index contributed by atoms with van der Waals surface area (Å²) in [6, 6.07) is 4.71. The monoisotopic (exact) mass is 283 g/mol. The molecule has 1 aromatic heterocycles. The summed E-state index contributed by atoms with van der Waals surface area (Å²) in [4.78, 5) is 3.81. The van der Waals surface area contributed by atoms with Crippen molar-refractivity contribution in [1.29, 1.82) is 5.26 Å². The summed E-state index contributed by atoms with van der Waals surface area (Å²) in [6.45, 7) is 1.30. The highest BCUT2D eigenvalue weighted by atomic mass is 19.4. The zero-order valence-corrected chi connectivity index (χ0v) is 10.2. The fourth-order valence-corrected chi connectivity index (χ4v) is 1.49. The van der Waals surface area contributed by atoms with Crippen LogP contribution in [0.25, 0.3) is 0 Å². The second kappa shape index (κ2) is 5.21. The minimum absolute atomic E-state index is 0.0694. The molecule has 20 heavy (non-hydrogen) atoms. The lowest BCUT2D eigenvalue weighted by molar-refractivity contribution is -0.139. The molecule has 104 valence electrons. The van der Waals surface area contributed by atoms with Gasteiger partial charge in [0.1, 0.15) is 5.75 Å². The fraction of sp³-hybridized carbons (Fsp3) is 0.250. The highest BCUT2D eigenvalue weighted by Gasteiger charge is 2.34. The molecule has 0 amide bonds. The van der Waals surface area contributed by atoms with Crippen molar-refractivity contribution in [2.75, 3.05) is 0 Å². The smallest absolute Gasteiger partial charge is 0.420 e. The highest BCUT2D eigenvalue weighted by Crippen LogP contribution is 2.37. The van der Waals surface area contributed by atoms with Crippen molar-refractivity contribution in [2.24, 2.45) is 0 Å². The first-order valence-electron chi connectivity index (χ1n) is 5.43. The summed E-state index contributed by atoms with van der Waals surface area (Å²) < 4.78 is 48.3. The summed E-state index contributed by atoms with van der Waals surface area (Å²) in [6.07, 6.45) is -4.62. The van der Waals surface area contributed by atoms with Crippen LogP contribution in [0.2, 0.25) is 0 Å². The number of alkyl halides is 3. The van der Waals surface area contributed by atoms with Crippen molar-refractivity contribution in [1.82, 2.24) is 10.1 Å². The third kappa shape index (κ3) is 3.06. The molecule has 2 aromatic rings. The molecular weight excluding hydrogens is 275 g/mol. The predicted molar refractivity (Wildman–Crippen MR) is 59.5 cm³/mol. The molecule has 0 saturated heterocycles. The van der Waals surface area contributed by atoms with Gasteiger partial charge in [-0.3, -0.25) is 0 Å². The molecule has 0 atom stereocenters. The van der Waals surface area contributed by atoms with Crippen LogP contribution in [0.3, 0.4) is 0 Å². The summed E-state index contributed by atoms with van der Waals surface area (Å²) in [5.74, 6) is 0.0341. The summed E-state index contributed by atoms with van der Waals surface area (Å²) in [7, 11) is 0. The van der Waals surface area contributed by atoms with Crippen molar-refractivity contribution in [3.05, 3.63) is 41.0 Å². The van der Waals surface area contributed by atoms with Crippen LogP contribution in [-0.2, 0) is 12.8 Å². The molecule has 0 unspecified atom stereocenters. The van der Waals surface area contributed by atoms with E-state index in [1.54, 1.807) is 13.0 Å². The molecule has 0 N–H and O–H groups in total. The number of hydrogen-bond acceptors (Lipinski definition) is 5. The SMILES string of the molecule is Cc1noc(COc2ccc(C#N)cc2C(F)(F)F)n1. The molecule has 0 saturated carbocycles. The number of hydrogen-bond donors (Lipinski definition) is 0. The Morgan fingerprint density at radius 2 is 2.15 bits per heavy atom. The standard InChI is InChI=1S/C12H8F3N3O2/c1-7-17-11(20-18-7)6-19-10-3-2-8(5-16)4-9(10)12(13,14)15/h2-4H,6H2,1H3. The van der Waals surface area contributed by atoms with Crippen molar-refractivity contribution < 1.29 is 22.4 Å². The maximum Gasteiger partial charge on any atom is 0.420 e. The Bertz CT molecular complexity index is 659. The van der Waals surface area contributed by atoms with Gasteiger partial charge in [0.15, 0.2) is 12.4 Å². The number of aryl methyl sites for hydroxylation is 1. The molecule has 0 bridgehead atoms. The zero-order valence-electron chi connectivity index (χ0n) is 10.2. The summed E-state index contributed by atoms with van der Waals surface area (Å²) >= 11 is 0. The Labute approximate surface area is 111 Å². The Balaban J connectivity index is 2.25. The van der Waals surface area contributed by atoms with E-state index in [-0.39, 0.29) is 18.1 Å². The van der Waals surface area contributed by atoms with Gasteiger partial charge in [0.25, 0.3) is 5.89 Å². The van der Waals surface area contributed by atoms with Crippen molar-refractivity contribution in [3.63, 3.8) is 0 Å². The third-order valence-electron chi connectivity index (χ3n) is 2.33. The quantitative estimate of drug-likeness (QED) is 0.866. The van der Waals surface area contributed by atoms with Gasteiger partial charge in [-0.25, -0.2) is 0 Å². The van der Waals surface area contributed by atoms with Crippen LogP contribution < -0.4 is 4.74 Å². The minimum Gasteiger partial charge on any atom is -0.483 e. The third-order valence-corrected chi connectivity index (χ3v) is 2.33. The van der Waals surface area contributed by atoms with Crippen LogP contribution in [0.4, 0.5) is 13.2 Å². The lowest BCUT2D eigenvalue weighted by atomic mass is 10.1. The number of benzene rings is 1. The van der Waals surface area contributed by atoms with Gasteiger partial charge in [0, 0.05) is 0 Å². The minimum atomic E-state index is -4.62. The zero-order chi connectivity index (χ0) is 14.8. The van der Waals surface area contributed by atoms with Crippen molar-refractivity contribution in [2.45, 2.75) is 19.7 Å². The average molecular weight is 283 g/mol. The van der Waals surface area contributed by atoms with Gasteiger partial charge in [0.2, 0.25) is 0 Å². The van der Waals surface area contributed by atoms with Gasteiger partial charge >= 0.3 is 6.18 Å². The molecule has 8 heteroatoms. The molecule has 1 aromatic carbocycles. The first kappa shape index (κ1) is 13.9. The maximum atomic E-state index is 12.9. The van der Waals surface area contributed by atoms with E-state index >= 15 is 0 Å². The first-order valence-corrected chi connectivity index (χ1v) is 5.43. The van der Waals surface area contributed by atoms with Crippen molar-refractivity contribution in [3.8, 4) is 11.8 Å². The Kier molecular flexibility index (Phi) is 3.61. The lowest BCUT2D eigenvalue weighted by Gasteiger charge is -2.13. The topological polar surface area (TPSA) is 71.9 Å². The van der Waals surface area contributed by atoms with Crippen molar-refractivity contribution >= 4 is 0 Å². The number of nitriles is 1. The van der Waals surface area contributed by atoms with E-state index in [1.807, 2.05) is 0 Å². The van der Waals surface area contributed by atoms with Gasteiger partial charge in [0.05, 0.1) is 17.2 Å². The number of halogens is 3. The van der Waals surface area contributed by atoms with Gasteiger partial charge in [-0.2, -0.15) is 23.4 Å². The second-order valence-corrected chi connectivity index (χ2v) is 3.84. The summed E-state index contributed by atoms with van der Waals surface area (Å²) in [5, 5.41) is 12.1. The Hall–Kier alpha value is -2.56. The molecular formula is C12H8F3N3O2. The molecule has 2 rings (SSSR count). The molecule has 5 nitrogen and oxygen atoms in total. The first-order chi connectivity index (χ1) is 9.40. The average Bonchev–Trinajstić information content (AvgIpc) is 2.81. The fourth-order valence-electron chi connectivity index (χ4n) is 1.49. The Morgan fingerprint density at radius 3 is 2.70 bits per heavy atom. The molecule has 0 radical (unpaired) electrons. The molecule has 0 aliphatic rings. The Morgan fingerprint density at radius 1 is 1.40 bits per heavy atom. The largest absolute Gasteiger partial charge is 0.483 e. The second-order valence-electron chi connectivity index (χ2n) is 3.84. The lowest BCUT2D eigenvalue weighted by Crippen LogP contribution is -2.09. The molecule has 0 spiro atoms. The van der Waals surface area contributed by atoms with Crippen LogP contribution in [0.1, 0.15) is 22.8 Å². The molecule has 0 fully saturated rings. The van der Waals surface area contributed by atoms with E-state index in [0.717, 1.165) is 12.1 Å². The van der Waals surface area contributed by atoms with Crippen LogP contribution >= 0.6 is 0 Å². The van der Waals surface area contributed by atoms with E-state index in [9.17, 15) is 13.2 Å². The molecule has 1 heterocycles. The number of aromatic nitrogens is 2. The van der Waals surface area contributed by atoms with Crippen LogP contribution in [0.5, 0.6) is 5.75 Å². The molecule has 0 aliphatic carbocycles.